The highest BCUT2D eigenvalue weighted by Crippen LogP contribution is 2.24. The third-order valence-corrected chi connectivity index (χ3v) is 3.72. The van der Waals surface area contributed by atoms with Crippen molar-refractivity contribution >= 4 is 27.5 Å². The van der Waals surface area contributed by atoms with E-state index in [-0.39, 0.29) is 18.3 Å². The lowest BCUT2D eigenvalue weighted by Gasteiger charge is -2.18. The molecule has 0 fully saturated rings. The summed E-state index contributed by atoms with van der Waals surface area (Å²) in [5.41, 5.74) is 1.56. The number of amides is 1. The second-order valence-corrected chi connectivity index (χ2v) is 6.10. The first-order valence-corrected chi connectivity index (χ1v) is 7.83. The Morgan fingerprint density at radius 1 is 1.26 bits per heavy atom. The van der Waals surface area contributed by atoms with E-state index in [2.05, 4.69) is 21.2 Å². The van der Waals surface area contributed by atoms with Gasteiger partial charge in [0.15, 0.2) is 0 Å². The van der Waals surface area contributed by atoms with Crippen molar-refractivity contribution in [3.05, 3.63) is 58.3 Å². The standard InChI is InChI=1S/C17H18BrFN2O2/c1-21(10-12-9-13(18)3-8-16(12)23-2)11-17(22)20-15-6-4-14(19)5-7-15/h3-9H,10-11H2,1-2H3,(H,20,22). The molecule has 23 heavy (non-hydrogen) atoms. The van der Waals surface area contributed by atoms with Gasteiger partial charge in [0.25, 0.3) is 0 Å². The minimum Gasteiger partial charge on any atom is -0.496 e. The molecule has 0 heterocycles. The van der Waals surface area contributed by atoms with Crippen LogP contribution in [0.2, 0.25) is 0 Å². The first kappa shape index (κ1) is 17.4. The van der Waals surface area contributed by atoms with Gasteiger partial charge in [-0.3, -0.25) is 9.69 Å². The van der Waals surface area contributed by atoms with Crippen LogP contribution in [0.15, 0.2) is 46.9 Å². The molecule has 0 aliphatic carbocycles. The zero-order chi connectivity index (χ0) is 16.8. The molecule has 1 N–H and O–H groups in total. The van der Waals surface area contributed by atoms with Gasteiger partial charge < -0.3 is 10.1 Å². The van der Waals surface area contributed by atoms with Crippen LogP contribution in [0.25, 0.3) is 0 Å². The van der Waals surface area contributed by atoms with Crippen LogP contribution >= 0.6 is 15.9 Å². The van der Waals surface area contributed by atoms with Gasteiger partial charge in [-0.05, 0) is 49.5 Å². The lowest BCUT2D eigenvalue weighted by Crippen LogP contribution is -2.30. The molecule has 0 unspecified atom stereocenters. The minimum absolute atomic E-state index is 0.159. The molecule has 0 aliphatic rings. The molecule has 0 radical (unpaired) electrons. The number of hydrogen-bond donors (Lipinski definition) is 1. The fourth-order valence-corrected chi connectivity index (χ4v) is 2.60. The molecule has 0 spiro atoms. The first-order valence-electron chi connectivity index (χ1n) is 7.04. The van der Waals surface area contributed by atoms with E-state index in [4.69, 9.17) is 4.74 Å². The zero-order valence-electron chi connectivity index (χ0n) is 13.0. The Morgan fingerprint density at radius 2 is 1.96 bits per heavy atom. The van der Waals surface area contributed by atoms with Crippen molar-refractivity contribution < 1.29 is 13.9 Å². The average molecular weight is 381 g/mol. The van der Waals surface area contributed by atoms with E-state index in [1.165, 1.54) is 24.3 Å². The second kappa shape index (κ2) is 8.08. The zero-order valence-corrected chi connectivity index (χ0v) is 14.6. The molecule has 6 heteroatoms. The lowest BCUT2D eigenvalue weighted by molar-refractivity contribution is -0.117. The van der Waals surface area contributed by atoms with Crippen LogP contribution in [0.4, 0.5) is 10.1 Å². The van der Waals surface area contributed by atoms with Gasteiger partial charge in [0.1, 0.15) is 11.6 Å². The van der Waals surface area contributed by atoms with Gasteiger partial charge in [-0.1, -0.05) is 15.9 Å². The Balaban J connectivity index is 1.93. The van der Waals surface area contributed by atoms with Gasteiger partial charge in [0.2, 0.25) is 5.91 Å². The van der Waals surface area contributed by atoms with Crippen LogP contribution in [0.3, 0.4) is 0 Å². The van der Waals surface area contributed by atoms with Crippen molar-refractivity contribution in [2.24, 2.45) is 0 Å². The minimum atomic E-state index is -0.332. The molecule has 2 rings (SSSR count). The van der Waals surface area contributed by atoms with E-state index < -0.39 is 0 Å². The number of hydrogen-bond acceptors (Lipinski definition) is 3. The van der Waals surface area contributed by atoms with Crippen LogP contribution in [0, 0.1) is 5.82 Å². The smallest absolute Gasteiger partial charge is 0.238 e. The van der Waals surface area contributed by atoms with Crippen molar-refractivity contribution in [2.45, 2.75) is 6.54 Å². The van der Waals surface area contributed by atoms with Crippen LogP contribution in [0.5, 0.6) is 5.75 Å². The van der Waals surface area contributed by atoms with Gasteiger partial charge in [-0.2, -0.15) is 0 Å². The monoisotopic (exact) mass is 380 g/mol. The van der Waals surface area contributed by atoms with Crippen LogP contribution in [-0.4, -0.2) is 31.5 Å². The molecule has 0 aromatic heterocycles. The first-order chi connectivity index (χ1) is 11.0. The van der Waals surface area contributed by atoms with E-state index >= 15 is 0 Å². The number of benzene rings is 2. The highest BCUT2D eigenvalue weighted by molar-refractivity contribution is 9.10. The molecule has 0 atom stereocenters. The quantitative estimate of drug-likeness (QED) is 0.831. The van der Waals surface area contributed by atoms with Gasteiger partial charge in [0, 0.05) is 22.3 Å². The molecular formula is C17H18BrFN2O2. The summed E-state index contributed by atoms with van der Waals surface area (Å²) in [6, 6.07) is 11.4. The molecule has 2 aromatic carbocycles. The number of carbonyl (C=O) groups is 1. The van der Waals surface area contributed by atoms with Crippen LogP contribution in [-0.2, 0) is 11.3 Å². The average Bonchev–Trinajstić information content (AvgIpc) is 2.49. The summed E-state index contributed by atoms with van der Waals surface area (Å²) in [4.78, 5) is 13.9. The van der Waals surface area contributed by atoms with Crippen molar-refractivity contribution in [3.8, 4) is 5.75 Å². The molecule has 122 valence electrons. The number of likely N-dealkylation sites (N-methyl/N-ethyl adjacent to an activating group) is 1. The predicted molar refractivity (Wildman–Crippen MR) is 92.1 cm³/mol. The SMILES string of the molecule is COc1ccc(Br)cc1CN(C)CC(=O)Nc1ccc(F)cc1. The topological polar surface area (TPSA) is 41.6 Å². The maximum atomic E-state index is 12.8. The summed E-state index contributed by atoms with van der Waals surface area (Å²) in [6.07, 6.45) is 0. The molecule has 0 saturated carbocycles. The van der Waals surface area contributed by atoms with Crippen molar-refractivity contribution in [1.29, 1.82) is 0 Å². The molecule has 0 saturated heterocycles. The molecule has 0 bridgehead atoms. The maximum absolute atomic E-state index is 12.8. The summed E-state index contributed by atoms with van der Waals surface area (Å²) < 4.78 is 19.1. The Kier molecular flexibility index (Phi) is 6.12. The van der Waals surface area contributed by atoms with Crippen LogP contribution in [0.1, 0.15) is 5.56 Å². The number of halogens is 2. The van der Waals surface area contributed by atoms with E-state index in [1.54, 1.807) is 7.11 Å². The van der Waals surface area contributed by atoms with E-state index in [9.17, 15) is 9.18 Å². The molecule has 1 amide bonds. The number of rotatable bonds is 6. The van der Waals surface area contributed by atoms with Crippen molar-refractivity contribution in [1.82, 2.24) is 4.90 Å². The summed E-state index contributed by atoms with van der Waals surface area (Å²) in [5, 5.41) is 2.74. The Morgan fingerprint density at radius 3 is 2.61 bits per heavy atom. The molecule has 0 aliphatic heterocycles. The number of carbonyl (C=O) groups excluding carboxylic acids is 1. The van der Waals surface area contributed by atoms with Crippen molar-refractivity contribution in [2.75, 3.05) is 26.0 Å². The largest absolute Gasteiger partial charge is 0.496 e. The number of methoxy groups -OCH3 is 1. The van der Waals surface area contributed by atoms with Crippen LogP contribution < -0.4 is 10.1 Å². The number of anilines is 1. The van der Waals surface area contributed by atoms with Gasteiger partial charge in [0.05, 0.1) is 13.7 Å². The highest BCUT2D eigenvalue weighted by atomic mass is 79.9. The molecule has 2 aromatic rings. The molecular weight excluding hydrogens is 363 g/mol. The number of ether oxygens (including phenoxy) is 1. The van der Waals surface area contributed by atoms with E-state index in [0.717, 1.165) is 15.8 Å². The maximum Gasteiger partial charge on any atom is 0.238 e. The second-order valence-electron chi connectivity index (χ2n) is 5.18. The number of nitrogens with one attached hydrogen (secondary N) is 1. The Labute approximate surface area is 143 Å². The van der Waals surface area contributed by atoms with Crippen molar-refractivity contribution in [3.63, 3.8) is 0 Å². The van der Waals surface area contributed by atoms with E-state index in [0.29, 0.717) is 12.2 Å². The fraction of sp³-hybridized carbons (Fsp3) is 0.235. The molecule has 4 nitrogen and oxygen atoms in total. The number of nitrogens with zero attached hydrogens (tertiary/aromatic N) is 1. The third kappa shape index (κ3) is 5.33. The predicted octanol–water partition coefficient (Wildman–Crippen LogP) is 3.67. The van der Waals surface area contributed by atoms with E-state index in [1.807, 2.05) is 30.1 Å². The third-order valence-electron chi connectivity index (χ3n) is 3.22. The fourth-order valence-electron chi connectivity index (χ4n) is 2.20. The summed E-state index contributed by atoms with van der Waals surface area (Å²) in [7, 11) is 3.47. The van der Waals surface area contributed by atoms with Gasteiger partial charge in [-0.25, -0.2) is 4.39 Å². The Bertz CT molecular complexity index is 677. The van der Waals surface area contributed by atoms with Gasteiger partial charge >= 0.3 is 0 Å². The van der Waals surface area contributed by atoms with Gasteiger partial charge in [-0.15, -0.1) is 0 Å². The summed E-state index contributed by atoms with van der Waals surface area (Å²) >= 11 is 3.43. The summed E-state index contributed by atoms with van der Waals surface area (Å²) in [6.45, 7) is 0.784. The Hall–Kier alpha value is -1.92. The highest BCUT2D eigenvalue weighted by Gasteiger charge is 2.11. The lowest BCUT2D eigenvalue weighted by atomic mass is 10.2. The normalized spacial score (nSPS) is 10.7. The summed E-state index contributed by atoms with van der Waals surface area (Å²) in [5.74, 6) is 0.286.